The van der Waals surface area contributed by atoms with Crippen molar-refractivity contribution >= 4 is 11.6 Å². The number of hydrogen-bond acceptors (Lipinski definition) is 5. The van der Waals surface area contributed by atoms with E-state index in [9.17, 15) is 14.9 Å². The number of non-ortho nitro benzene ring substituents is 1. The number of hydrogen-bond donors (Lipinski definition) is 2. The monoisotopic (exact) mass is 327 g/mol. The van der Waals surface area contributed by atoms with E-state index in [1.54, 1.807) is 24.4 Å². The number of amides is 1. The first-order valence-electron chi connectivity index (χ1n) is 7.61. The first-order valence-corrected chi connectivity index (χ1v) is 7.61. The van der Waals surface area contributed by atoms with E-state index in [0.717, 1.165) is 19.5 Å². The molecule has 1 aromatic heterocycles. The number of nitro groups is 1. The van der Waals surface area contributed by atoms with Crippen LogP contribution in [0.5, 0.6) is 0 Å². The van der Waals surface area contributed by atoms with Gasteiger partial charge in [0, 0.05) is 31.4 Å². The van der Waals surface area contributed by atoms with Gasteiger partial charge < -0.3 is 10.6 Å². The van der Waals surface area contributed by atoms with Gasteiger partial charge in [-0.3, -0.25) is 14.9 Å². The quantitative estimate of drug-likeness (QED) is 0.491. The molecule has 124 valence electrons. The summed E-state index contributed by atoms with van der Waals surface area (Å²) in [5.74, 6) is -0.265. The Morgan fingerprint density at radius 3 is 3.04 bits per heavy atom. The molecule has 0 saturated carbocycles. The molecule has 0 saturated heterocycles. The normalized spacial score (nSPS) is 14.1. The molecule has 3 rings (SSSR count). The van der Waals surface area contributed by atoms with Crippen molar-refractivity contribution in [2.24, 2.45) is 0 Å². The number of nitrogens with one attached hydrogen (secondary N) is 2. The Morgan fingerprint density at radius 2 is 2.29 bits per heavy atom. The smallest absolute Gasteiger partial charge is 0.272 e. The molecule has 1 amide bonds. The molecule has 0 unspecified atom stereocenters. The van der Waals surface area contributed by atoms with Gasteiger partial charge in [0.05, 0.1) is 10.6 Å². The van der Waals surface area contributed by atoms with Gasteiger partial charge in [-0.15, -0.1) is 0 Å². The molecule has 2 heterocycles. The average Bonchev–Trinajstić information content (AvgIpc) is 3.11. The number of benzene rings is 1. The third kappa shape index (κ3) is 3.66. The van der Waals surface area contributed by atoms with Crippen molar-refractivity contribution in [2.45, 2.75) is 6.42 Å². The van der Waals surface area contributed by atoms with E-state index in [4.69, 9.17) is 0 Å². The number of nitrogens with zero attached hydrogens (tertiary/aromatic N) is 3. The van der Waals surface area contributed by atoms with Gasteiger partial charge in [-0.05, 0) is 25.1 Å². The lowest BCUT2D eigenvalue weighted by Gasteiger charge is -2.14. The standard InChI is InChI=1S/C16H17N5O3/c22-16(18-11-12-4-7-17-8-5-12)15-6-9-20(19-15)13-2-1-3-14(10-13)21(23)24/h1-4,6,9-10,17H,5,7-8,11H2,(H,18,22). The Balaban J connectivity index is 1.68. The molecule has 1 aliphatic heterocycles. The fraction of sp³-hybridized carbons (Fsp3) is 0.250. The van der Waals surface area contributed by atoms with Crippen LogP contribution in [0.3, 0.4) is 0 Å². The highest BCUT2D eigenvalue weighted by atomic mass is 16.6. The van der Waals surface area contributed by atoms with Crippen molar-refractivity contribution in [1.82, 2.24) is 20.4 Å². The summed E-state index contributed by atoms with van der Waals surface area (Å²) in [6.45, 7) is 2.25. The molecule has 0 atom stereocenters. The minimum absolute atomic E-state index is 0.0214. The molecule has 2 aromatic rings. The van der Waals surface area contributed by atoms with E-state index < -0.39 is 4.92 Å². The van der Waals surface area contributed by atoms with Crippen LogP contribution in [-0.4, -0.2) is 40.2 Å². The zero-order valence-electron chi connectivity index (χ0n) is 12.9. The molecule has 24 heavy (non-hydrogen) atoms. The molecule has 0 fully saturated rings. The summed E-state index contributed by atoms with van der Waals surface area (Å²) in [5.41, 5.74) is 1.98. The maximum atomic E-state index is 12.2. The lowest BCUT2D eigenvalue weighted by molar-refractivity contribution is -0.384. The summed E-state index contributed by atoms with van der Waals surface area (Å²) in [6, 6.07) is 7.69. The Bertz CT molecular complexity index is 797. The van der Waals surface area contributed by atoms with E-state index in [0.29, 0.717) is 12.2 Å². The highest BCUT2D eigenvalue weighted by Crippen LogP contribution is 2.16. The van der Waals surface area contributed by atoms with Crippen molar-refractivity contribution < 1.29 is 9.72 Å². The summed E-state index contributed by atoms with van der Waals surface area (Å²) in [5, 5.41) is 21.1. The second kappa shape index (κ2) is 7.05. The van der Waals surface area contributed by atoms with Crippen molar-refractivity contribution in [3.63, 3.8) is 0 Å². The largest absolute Gasteiger partial charge is 0.347 e. The highest BCUT2D eigenvalue weighted by molar-refractivity contribution is 5.92. The number of carbonyl (C=O) groups is 1. The molecule has 0 spiro atoms. The van der Waals surface area contributed by atoms with Gasteiger partial charge in [0.25, 0.3) is 11.6 Å². The Morgan fingerprint density at radius 1 is 1.42 bits per heavy atom. The Kier molecular flexibility index (Phi) is 4.66. The van der Waals surface area contributed by atoms with E-state index in [2.05, 4.69) is 21.8 Å². The van der Waals surface area contributed by atoms with Crippen LogP contribution in [0.4, 0.5) is 5.69 Å². The van der Waals surface area contributed by atoms with Crippen LogP contribution in [0.25, 0.3) is 5.69 Å². The van der Waals surface area contributed by atoms with Crippen LogP contribution in [0.1, 0.15) is 16.9 Å². The minimum atomic E-state index is -0.465. The fourth-order valence-corrected chi connectivity index (χ4v) is 2.45. The fourth-order valence-electron chi connectivity index (χ4n) is 2.45. The lowest BCUT2D eigenvalue weighted by Crippen LogP contribution is -2.29. The van der Waals surface area contributed by atoms with Gasteiger partial charge in [-0.1, -0.05) is 17.7 Å². The number of aromatic nitrogens is 2. The van der Waals surface area contributed by atoms with E-state index in [1.165, 1.54) is 22.4 Å². The second-order valence-corrected chi connectivity index (χ2v) is 5.42. The van der Waals surface area contributed by atoms with Crippen molar-refractivity contribution in [3.05, 3.63) is 64.0 Å². The van der Waals surface area contributed by atoms with E-state index >= 15 is 0 Å². The van der Waals surface area contributed by atoms with Gasteiger partial charge in [-0.2, -0.15) is 5.10 Å². The third-order valence-corrected chi connectivity index (χ3v) is 3.76. The van der Waals surface area contributed by atoms with Gasteiger partial charge in [0.2, 0.25) is 0 Å². The van der Waals surface area contributed by atoms with Crippen LogP contribution >= 0.6 is 0 Å². The molecule has 0 aliphatic carbocycles. The molecule has 8 heteroatoms. The highest BCUT2D eigenvalue weighted by Gasteiger charge is 2.13. The van der Waals surface area contributed by atoms with Crippen LogP contribution in [0, 0.1) is 10.1 Å². The first-order chi connectivity index (χ1) is 11.6. The summed E-state index contributed by atoms with van der Waals surface area (Å²) in [7, 11) is 0. The summed E-state index contributed by atoms with van der Waals surface area (Å²) in [4.78, 5) is 22.5. The molecule has 2 N–H and O–H groups in total. The Labute approximate surface area is 138 Å². The zero-order chi connectivity index (χ0) is 16.9. The van der Waals surface area contributed by atoms with Gasteiger partial charge in [0.15, 0.2) is 5.69 Å². The number of nitro benzene ring substituents is 1. The van der Waals surface area contributed by atoms with Gasteiger partial charge in [-0.25, -0.2) is 4.68 Å². The maximum absolute atomic E-state index is 12.2. The Hall–Kier alpha value is -3.00. The molecule has 1 aliphatic rings. The van der Waals surface area contributed by atoms with Gasteiger partial charge >= 0.3 is 0 Å². The molecule has 0 bridgehead atoms. The second-order valence-electron chi connectivity index (χ2n) is 5.42. The summed E-state index contributed by atoms with van der Waals surface area (Å²) < 4.78 is 1.45. The topological polar surface area (TPSA) is 102 Å². The predicted molar refractivity (Wildman–Crippen MR) is 88.1 cm³/mol. The van der Waals surface area contributed by atoms with Gasteiger partial charge in [0.1, 0.15) is 0 Å². The van der Waals surface area contributed by atoms with Crippen molar-refractivity contribution in [2.75, 3.05) is 19.6 Å². The number of rotatable bonds is 5. The lowest BCUT2D eigenvalue weighted by atomic mass is 10.1. The first kappa shape index (κ1) is 15.9. The molecule has 8 nitrogen and oxygen atoms in total. The molecular weight excluding hydrogens is 310 g/mol. The van der Waals surface area contributed by atoms with Crippen molar-refractivity contribution in [1.29, 1.82) is 0 Å². The SMILES string of the molecule is O=C(NCC1=CCNCC1)c1ccn(-c2cccc([N+](=O)[O-])c2)n1. The third-order valence-electron chi connectivity index (χ3n) is 3.76. The molecule has 1 aromatic carbocycles. The average molecular weight is 327 g/mol. The van der Waals surface area contributed by atoms with Crippen LogP contribution in [0.2, 0.25) is 0 Å². The minimum Gasteiger partial charge on any atom is -0.347 e. The maximum Gasteiger partial charge on any atom is 0.272 e. The van der Waals surface area contributed by atoms with Crippen LogP contribution in [-0.2, 0) is 0 Å². The zero-order valence-corrected chi connectivity index (χ0v) is 12.9. The number of carbonyl (C=O) groups excluding carboxylic acids is 1. The molecular formula is C16H17N5O3. The van der Waals surface area contributed by atoms with E-state index in [-0.39, 0.29) is 17.3 Å². The van der Waals surface area contributed by atoms with Crippen LogP contribution in [0.15, 0.2) is 48.2 Å². The van der Waals surface area contributed by atoms with Crippen LogP contribution < -0.4 is 10.6 Å². The predicted octanol–water partition coefficient (Wildman–Crippen LogP) is 1.43. The van der Waals surface area contributed by atoms with E-state index in [1.807, 2.05) is 0 Å². The summed E-state index contributed by atoms with van der Waals surface area (Å²) >= 11 is 0. The molecule has 0 radical (unpaired) electrons. The summed E-state index contributed by atoms with van der Waals surface area (Å²) in [6.07, 6.45) is 4.60. The van der Waals surface area contributed by atoms with Crippen molar-refractivity contribution in [3.8, 4) is 5.69 Å².